The van der Waals surface area contributed by atoms with Crippen molar-refractivity contribution in [1.29, 1.82) is 5.26 Å². The fraction of sp³-hybridized carbons (Fsp3) is 0.348. The van der Waals surface area contributed by atoms with E-state index in [4.69, 9.17) is 14.7 Å². The average Bonchev–Trinajstić information content (AvgIpc) is 2.83. The molecule has 0 unspecified atom stereocenters. The second-order valence-electron chi connectivity index (χ2n) is 7.07. The molecule has 0 radical (unpaired) electrons. The summed E-state index contributed by atoms with van der Waals surface area (Å²) in [4.78, 5) is 28.6. The number of methoxy groups -OCH3 is 1. The van der Waals surface area contributed by atoms with Crippen LogP contribution in [0.4, 0.5) is 5.69 Å². The van der Waals surface area contributed by atoms with Gasteiger partial charge in [-0.3, -0.25) is 9.59 Å². The number of para-hydroxylation sites is 1. The van der Waals surface area contributed by atoms with Gasteiger partial charge in [0.1, 0.15) is 0 Å². The van der Waals surface area contributed by atoms with Crippen molar-refractivity contribution < 1.29 is 19.1 Å². The second-order valence-corrected chi connectivity index (χ2v) is 7.07. The smallest absolute Gasteiger partial charge is 0.257 e. The van der Waals surface area contributed by atoms with Crippen LogP contribution in [0.5, 0.6) is 11.5 Å². The summed E-state index contributed by atoms with van der Waals surface area (Å²) >= 11 is 0. The van der Waals surface area contributed by atoms with Crippen molar-refractivity contribution in [3.8, 4) is 17.6 Å². The maximum atomic E-state index is 12.4. The van der Waals surface area contributed by atoms with Gasteiger partial charge < -0.3 is 24.6 Å². The van der Waals surface area contributed by atoms with Gasteiger partial charge in [0.25, 0.3) is 5.91 Å². The molecular weight excluding hydrogens is 396 g/mol. The number of nitriles is 1. The normalized spacial score (nSPS) is 13.3. The lowest BCUT2D eigenvalue weighted by molar-refractivity contribution is -0.131. The number of benzene rings is 2. The Morgan fingerprint density at radius 2 is 1.81 bits per heavy atom. The molecule has 0 aromatic heterocycles. The van der Waals surface area contributed by atoms with Crippen LogP contribution in [0, 0.1) is 11.3 Å². The number of piperazine rings is 1. The van der Waals surface area contributed by atoms with Gasteiger partial charge in [-0.2, -0.15) is 5.26 Å². The van der Waals surface area contributed by atoms with E-state index in [1.807, 2.05) is 29.2 Å². The average molecular weight is 422 g/mol. The molecule has 2 amide bonds. The van der Waals surface area contributed by atoms with Gasteiger partial charge in [0.05, 0.1) is 18.7 Å². The standard InChI is InChI=1S/C23H26N4O4/c1-30-21-15-18(16-24)7-8-20(21)31-17-22(28)25-10-9-23(29)27-13-11-26(12-14-27)19-5-3-2-4-6-19/h2-8,15H,9-14,17H2,1H3,(H,25,28). The number of amides is 2. The lowest BCUT2D eigenvalue weighted by atomic mass is 10.2. The monoisotopic (exact) mass is 422 g/mol. The molecule has 0 saturated carbocycles. The highest BCUT2D eigenvalue weighted by molar-refractivity contribution is 5.80. The fourth-order valence-corrected chi connectivity index (χ4v) is 3.37. The van der Waals surface area contributed by atoms with Crippen molar-refractivity contribution in [3.63, 3.8) is 0 Å². The van der Waals surface area contributed by atoms with E-state index < -0.39 is 0 Å². The summed E-state index contributed by atoms with van der Waals surface area (Å²) in [6, 6.07) is 16.9. The molecule has 2 aromatic carbocycles. The van der Waals surface area contributed by atoms with E-state index in [9.17, 15) is 9.59 Å². The third-order valence-corrected chi connectivity index (χ3v) is 5.07. The second kappa shape index (κ2) is 10.9. The van der Waals surface area contributed by atoms with Crippen molar-refractivity contribution in [2.24, 2.45) is 0 Å². The minimum atomic E-state index is -0.326. The maximum absolute atomic E-state index is 12.4. The fourth-order valence-electron chi connectivity index (χ4n) is 3.37. The van der Waals surface area contributed by atoms with E-state index in [0.29, 0.717) is 30.2 Å². The van der Waals surface area contributed by atoms with Crippen molar-refractivity contribution in [2.75, 3.05) is 51.3 Å². The molecule has 8 nitrogen and oxygen atoms in total. The van der Waals surface area contributed by atoms with Gasteiger partial charge in [0.2, 0.25) is 5.91 Å². The Kier molecular flexibility index (Phi) is 7.71. The summed E-state index contributed by atoms with van der Waals surface area (Å²) in [6.45, 7) is 2.98. The summed E-state index contributed by atoms with van der Waals surface area (Å²) in [7, 11) is 1.47. The number of anilines is 1. The summed E-state index contributed by atoms with van der Waals surface area (Å²) in [5.74, 6) is 0.469. The maximum Gasteiger partial charge on any atom is 0.257 e. The van der Waals surface area contributed by atoms with Crippen molar-refractivity contribution in [3.05, 3.63) is 54.1 Å². The topological polar surface area (TPSA) is 94.9 Å². The van der Waals surface area contributed by atoms with Crippen LogP contribution in [-0.2, 0) is 9.59 Å². The highest BCUT2D eigenvalue weighted by Gasteiger charge is 2.21. The van der Waals surface area contributed by atoms with E-state index >= 15 is 0 Å². The van der Waals surface area contributed by atoms with Crippen molar-refractivity contribution in [1.82, 2.24) is 10.2 Å². The van der Waals surface area contributed by atoms with Gasteiger partial charge in [-0.25, -0.2) is 0 Å². The quantitative estimate of drug-likeness (QED) is 0.697. The highest BCUT2D eigenvalue weighted by Crippen LogP contribution is 2.27. The number of carbonyl (C=O) groups is 2. The number of nitrogens with zero attached hydrogens (tertiary/aromatic N) is 3. The van der Waals surface area contributed by atoms with Crippen LogP contribution in [0.15, 0.2) is 48.5 Å². The number of nitrogens with one attached hydrogen (secondary N) is 1. The molecule has 0 aliphatic carbocycles. The van der Waals surface area contributed by atoms with E-state index in [2.05, 4.69) is 22.3 Å². The Labute approximate surface area is 182 Å². The zero-order chi connectivity index (χ0) is 22.1. The first-order valence-electron chi connectivity index (χ1n) is 10.2. The first-order valence-corrected chi connectivity index (χ1v) is 10.2. The van der Waals surface area contributed by atoms with Gasteiger partial charge in [0, 0.05) is 50.9 Å². The van der Waals surface area contributed by atoms with E-state index in [-0.39, 0.29) is 31.4 Å². The van der Waals surface area contributed by atoms with Crippen LogP contribution < -0.4 is 19.7 Å². The molecule has 3 rings (SSSR count). The van der Waals surface area contributed by atoms with E-state index in [1.54, 1.807) is 18.2 Å². The molecule has 1 fully saturated rings. The van der Waals surface area contributed by atoms with Crippen LogP contribution in [0.3, 0.4) is 0 Å². The van der Waals surface area contributed by atoms with Gasteiger partial charge in [0.15, 0.2) is 18.1 Å². The van der Waals surface area contributed by atoms with E-state index in [0.717, 1.165) is 13.1 Å². The number of hydrogen-bond acceptors (Lipinski definition) is 6. The van der Waals surface area contributed by atoms with Gasteiger partial charge in [-0.15, -0.1) is 0 Å². The van der Waals surface area contributed by atoms with Crippen LogP contribution in [-0.4, -0.2) is 63.2 Å². The van der Waals surface area contributed by atoms with E-state index in [1.165, 1.54) is 12.8 Å². The molecule has 0 spiro atoms. The lowest BCUT2D eigenvalue weighted by Crippen LogP contribution is -2.49. The predicted molar refractivity (Wildman–Crippen MR) is 116 cm³/mol. The molecule has 31 heavy (non-hydrogen) atoms. The van der Waals surface area contributed by atoms with Gasteiger partial charge in [-0.1, -0.05) is 18.2 Å². The number of rotatable bonds is 8. The minimum absolute atomic E-state index is 0.0303. The molecule has 162 valence electrons. The SMILES string of the molecule is COc1cc(C#N)ccc1OCC(=O)NCCC(=O)N1CCN(c2ccccc2)CC1. The largest absolute Gasteiger partial charge is 0.493 e. The molecule has 0 atom stereocenters. The highest BCUT2D eigenvalue weighted by atomic mass is 16.5. The number of hydrogen-bond donors (Lipinski definition) is 1. The molecule has 1 saturated heterocycles. The summed E-state index contributed by atoms with van der Waals surface area (Å²) in [6.07, 6.45) is 0.247. The Bertz CT molecular complexity index is 934. The summed E-state index contributed by atoms with van der Waals surface area (Å²) in [5.41, 5.74) is 1.61. The molecule has 1 aliphatic rings. The third-order valence-electron chi connectivity index (χ3n) is 5.07. The molecular formula is C23H26N4O4. The Hall–Kier alpha value is -3.73. The molecule has 1 heterocycles. The number of ether oxygens (including phenoxy) is 2. The summed E-state index contributed by atoms with van der Waals surface area (Å²) < 4.78 is 10.6. The van der Waals surface area contributed by atoms with Crippen LogP contribution >= 0.6 is 0 Å². The first-order chi connectivity index (χ1) is 15.1. The predicted octanol–water partition coefficient (Wildman–Crippen LogP) is 1.80. The molecule has 1 N–H and O–H groups in total. The third kappa shape index (κ3) is 6.12. The Balaban J connectivity index is 1.36. The minimum Gasteiger partial charge on any atom is -0.493 e. The van der Waals surface area contributed by atoms with Crippen molar-refractivity contribution in [2.45, 2.75) is 6.42 Å². The molecule has 1 aliphatic heterocycles. The van der Waals surface area contributed by atoms with Crippen LogP contribution in [0.1, 0.15) is 12.0 Å². The van der Waals surface area contributed by atoms with Gasteiger partial charge in [-0.05, 0) is 24.3 Å². The van der Waals surface area contributed by atoms with Crippen LogP contribution in [0.25, 0.3) is 0 Å². The first kappa shape index (κ1) is 22.0. The van der Waals surface area contributed by atoms with Crippen LogP contribution in [0.2, 0.25) is 0 Å². The Morgan fingerprint density at radius 1 is 1.06 bits per heavy atom. The Morgan fingerprint density at radius 3 is 2.48 bits per heavy atom. The molecule has 0 bridgehead atoms. The van der Waals surface area contributed by atoms with Crippen molar-refractivity contribution >= 4 is 17.5 Å². The molecule has 8 heteroatoms. The summed E-state index contributed by atoms with van der Waals surface area (Å²) in [5, 5.41) is 11.6. The molecule has 2 aromatic rings. The van der Waals surface area contributed by atoms with Gasteiger partial charge >= 0.3 is 0 Å². The number of carbonyl (C=O) groups excluding carboxylic acids is 2. The zero-order valence-electron chi connectivity index (χ0n) is 17.5. The lowest BCUT2D eigenvalue weighted by Gasteiger charge is -2.36. The zero-order valence-corrected chi connectivity index (χ0v) is 17.5.